The Labute approximate surface area is 118 Å². The molecule has 0 amide bonds. The normalized spacial score (nSPS) is 13.3. The summed E-state index contributed by atoms with van der Waals surface area (Å²) in [6.07, 6.45) is -4.96. The summed E-state index contributed by atoms with van der Waals surface area (Å²) in [5.74, 6) is -1.07. The van der Waals surface area contributed by atoms with Gasteiger partial charge in [-0.2, -0.15) is 21.6 Å². The maximum atomic E-state index is 12.8. The van der Waals surface area contributed by atoms with Gasteiger partial charge in [0.25, 0.3) is 0 Å². The zero-order valence-corrected chi connectivity index (χ0v) is 11.8. The van der Waals surface area contributed by atoms with Gasteiger partial charge in [-0.25, -0.2) is 12.6 Å². The minimum Gasteiger partial charge on any atom is -0.399 e. The first-order valence-electron chi connectivity index (χ1n) is 5.14. The molecule has 0 bridgehead atoms. The van der Waals surface area contributed by atoms with Crippen LogP contribution in [0.2, 0.25) is 0 Å². The van der Waals surface area contributed by atoms with Crippen LogP contribution < -0.4 is 5.73 Å². The van der Waals surface area contributed by atoms with E-state index in [1.165, 1.54) is 0 Å². The van der Waals surface area contributed by atoms with E-state index in [1.54, 1.807) is 0 Å². The second kappa shape index (κ2) is 5.79. The van der Waals surface area contributed by atoms with E-state index in [2.05, 4.69) is 4.18 Å². The molecular weight excluding hydrogens is 339 g/mol. The highest BCUT2D eigenvalue weighted by Crippen LogP contribution is 2.35. The van der Waals surface area contributed by atoms with Crippen molar-refractivity contribution in [3.8, 4) is 0 Å². The highest BCUT2D eigenvalue weighted by molar-refractivity contribution is 7.91. The molecular formula is C9H10F3NO6S2. The Morgan fingerprint density at radius 1 is 1.19 bits per heavy atom. The number of hydrogen-bond acceptors (Lipinski definition) is 6. The molecule has 0 aliphatic rings. The zero-order chi connectivity index (χ0) is 16.5. The second-order valence-electron chi connectivity index (χ2n) is 3.82. The van der Waals surface area contributed by atoms with E-state index in [9.17, 15) is 30.0 Å². The molecule has 12 heteroatoms. The van der Waals surface area contributed by atoms with Gasteiger partial charge in [-0.15, -0.1) is 0 Å². The van der Waals surface area contributed by atoms with Crippen LogP contribution in [0.25, 0.3) is 0 Å². The lowest BCUT2D eigenvalue weighted by Crippen LogP contribution is -2.19. The Morgan fingerprint density at radius 2 is 1.76 bits per heavy atom. The number of alkyl halides is 3. The molecule has 0 aliphatic heterocycles. The molecule has 0 unspecified atom stereocenters. The van der Waals surface area contributed by atoms with Crippen LogP contribution in [0.5, 0.6) is 0 Å². The molecule has 7 nitrogen and oxygen atoms in total. The number of hydrogen-bond donors (Lipinski definition) is 2. The van der Waals surface area contributed by atoms with Crippen molar-refractivity contribution in [1.29, 1.82) is 0 Å². The zero-order valence-electron chi connectivity index (χ0n) is 10.2. The topological polar surface area (TPSA) is 124 Å². The molecule has 21 heavy (non-hydrogen) atoms. The number of nitrogens with two attached hydrogens (primary N) is 1. The Balaban J connectivity index is 3.15. The lowest BCUT2D eigenvalue weighted by molar-refractivity contribution is -0.139. The van der Waals surface area contributed by atoms with Crippen molar-refractivity contribution in [1.82, 2.24) is 0 Å². The van der Waals surface area contributed by atoms with Crippen molar-refractivity contribution >= 4 is 25.9 Å². The molecule has 120 valence electrons. The molecule has 0 radical (unpaired) electrons. The molecule has 1 rings (SSSR count). The summed E-state index contributed by atoms with van der Waals surface area (Å²) < 4.78 is 94.5. The third kappa shape index (κ3) is 5.15. The number of nitrogen functional groups attached to an aromatic ring is 1. The summed E-state index contributed by atoms with van der Waals surface area (Å²) in [4.78, 5) is -1.05. The minimum absolute atomic E-state index is 0.282. The van der Waals surface area contributed by atoms with E-state index in [0.717, 1.165) is 6.07 Å². The van der Waals surface area contributed by atoms with E-state index in [4.69, 9.17) is 10.3 Å². The Kier molecular flexibility index (Phi) is 4.87. The Bertz CT molecular complexity index is 726. The van der Waals surface area contributed by atoms with Crippen LogP contribution in [-0.2, 0) is 30.6 Å². The first-order valence-corrected chi connectivity index (χ1v) is 8.16. The lowest BCUT2D eigenvalue weighted by Gasteiger charge is -2.13. The van der Waals surface area contributed by atoms with Crippen molar-refractivity contribution < 1.29 is 38.7 Å². The fourth-order valence-corrected chi connectivity index (χ4v) is 3.11. The van der Waals surface area contributed by atoms with Crippen molar-refractivity contribution in [2.24, 2.45) is 0 Å². The number of anilines is 1. The summed E-state index contributed by atoms with van der Waals surface area (Å²) in [7, 11) is -9.37. The minimum atomic E-state index is -4.96. The maximum absolute atomic E-state index is 12.8. The van der Waals surface area contributed by atoms with Crippen LogP contribution in [0.15, 0.2) is 23.1 Å². The Morgan fingerprint density at radius 3 is 2.24 bits per heavy atom. The molecule has 0 saturated carbocycles. The predicted octanol–water partition coefficient (Wildman–Crippen LogP) is 0.881. The maximum Gasteiger partial charge on any atom is 0.417 e. The molecule has 0 aromatic heterocycles. The van der Waals surface area contributed by atoms with E-state index in [0.29, 0.717) is 12.1 Å². The van der Waals surface area contributed by atoms with Gasteiger partial charge in [-0.3, -0.25) is 4.55 Å². The van der Waals surface area contributed by atoms with E-state index in [-0.39, 0.29) is 5.69 Å². The van der Waals surface area contributed by atoms with Gasteiger partial charge in [-0.1, -0.05) is 0 Å². The highest BCUT2D eigenvalue weighted by Gasteiger charge is 2.37. The second-order valence-corrected chi connectivity index (χ2v) is 6.99. The molecule has 0 atom stereocenters. The van der Waals surface area contributed by atoms with Gasteiger partial charge >= 0.3 is 16.6 Å². The third-order valence-electron chi connectivity index (χ3n) is 2.23. The molecule has 3 N–H and O–H groups in total. The van der Waals surface area contributed by atoms with Crippen LogP contribution in [0.3, 0.4) is 0 Å². The molecule has 1 aromatic carbocycles. The van der Waals surface area contributed by atoms with E-state index < -0.39 is 49.2 Å². The average Bonchev–Trinajstić information content (AvgIpc) is 2.25. The number of rotatable bonds is 5. The summed E-state index contributed by atoms with van der Waals surface area (Å²) >= 11 is 0. The number of halogens is 3. The molecule has 0 heterocycles. The van der Waals surface area contributed by atoms with Gasteiger partial charge in [0, 0.05) is 5.69 Å². The predicted molar refractivity (Wildman–Crippen MR) is 65.4 cm³/mol. The molecule has 1 aromatic rings. The molecule has 0 fully saturated rings. The smallest absolute Gasteiger partial charge is 0.399 e. The monoisotopic (exact) mass is 349 g/mol. The standard InChI is InChI=1S/C9H10F3NO6S2/c10-9(11,12)7-5-6(13)1-2-8(7)20(14,15)4-3-19-21(16,17)18/h1-2,5H,3-4,13H2,(H,16,17,18). The summed E-state index contributed by atoms with van der Waals surface area (Å²) in [5, 5.41) is 0. The average molecular weight is 349 g/mol. The van der Waals surface area contributed by atoms with Crippen LogP contribution in [0.1, 0.15) is 5.56 Å². The largest absolute Gasteiger partial charge is 0.417 e. The summed E-state index contributed by atoms with van der Waals surface area (Å²) in [6.45, 7) is -1.02. The van der Waals surface area contributed by atoms with Gasteiger partial charge in [0.1, 0.15) is 0 Å². The fraction of sp³-hybridized carbons (Fsp3) is 0.333. The van der Waals surface area contributed by atoms with Crippen molar-refractivity contribution in [3.05, 3.63) is 23.8 Å². The summed E-state index contributed by atoms with van der Waals surface area (Å²) in [6, 6.07) is 2.09. The quantitative estimate of drug-likeness (QED) is 0.597. The van der Waals surface area contributed by atoms with E-state index >= 15 is 0 Å². The van der Waals surface area contributed by atoms with Crippen molar-refractivity contribution in [2.45, 2.75) is 11.1 Å². The van der Waals surface area contributed by atoms with Crippen molar-refractivity contribution in [2.75, 3.05) is 18.1 Å². The van der Waals surface area contributed by atoms with E-state index in [1.807, 2.05) is 0 Å². The van der Waals surface area contributed by atoms with Gasteiger partial charge < -0.3 is 5.73 Å². The third-order valence-corrected chi connectivity index (χ3v) is 4.42. The van der Waals surface area contributed by atoms with Crippen molar-refractivity contribution in [3.63, 3.8) is 0 Å². The van der Waals surface area contributed by atoms with Crippen LogP contribution in [0.4, 0.5) is 18.9 Å². The first-order chi connectivity index (χ1) is 9.33. The van der Waals surface area contributed by atoms with Crippen LogP contribution in [-0.4, -0.2) is 33.7 Å². The first kappa shape index (κ1) is 17.7. The molecule has 0 aliphatic carbocycles. The van der Waals surface area contributed by atoms with Gasteiger partial charge in [0.05, 0.1) is 22.8 Å². The Hall–Kier alpha value is -1.37. The van der Waals surface area contributed by atoms with Gasteiger partial charge in [0.2, 0.25) is 0 Å². The highest BCUT2D eigenvalue weighted by atomic mass is 32.3. The molecule has 0 spiro atoms. The number of sulfone groups is 1. The van der Waals surface area contributed by atoms with Crippen LogP contribution >= 0.6 is 0 Å². The molecule has 0 saturated heterocycles. The van der Waals surface area contributed by atoms with Gasteiger partial charge in [0.15, 0.2) is 9.84 Å². The number of benzene rings is 1. The lowest BCUT2D eigenvalue weighted by atomic mass is 10.2. The SMILES string of the molecule is Nc1ccc(S(=O)(=O)CCOS(=O)(=O)O)c(C(F)(F)F)c1. The summed E-state index contributed by atoms with van der Waals surface area (Å²) in [5.41, 5.74) is 3.45. The van der Waals surface area contributed by atoms with Crippen LogP contribution in [0, 0.1) is 0 Å². The van der Waals surface area contributed by atoms with Gasteiger partial charge in [-0.05, 0) is 18.2 Å². The fourth-order valence-electron chi connectivity index (χ4n) is 1.40.